The molecule has 5 heterocycles. The molecular formula is C30H47NO4. The molecule has 5 heteroatoms. The Morgan fingerprint density at radius 1 is 1.06 bits per heavy atom. The lowest BCUT2D eigenvalue weighted by Crippen LogP contribution is -2.72. The third kappa shape index (κ3) is 2.58. The van der Waals surface area contributed by atoms with Crippen molar-refractivity contribution in [3.63, 3.8) is 0 Å². The van der Waals surface area contributed by atoms with Crippen LogP contribution in [0.25, 0.3) is 0 Å². The summed E-state index contributed by atoms with van der Waals surface area (Å²) in [5.41, 5.74) is -0.0887. The Labute approximate surface area is 211 Å². The number of nitrogens with zero attached hydrogens (tertiary/aromatic N) is 1. The van der Waals surface area contributed by atoms with Crippen LogP contribution < -0.4 is 0 Å². The van der Waals surface area contributed by atoms with Gasteiger partial charge in [0.1, 0.15) is 12.0 Å². The molecule has 7 bridgehead atoms. The Balaban J connectivity index is 1.28. The molecule has 7 fully saturated rings. The van der Waals surface area contributed by atoms with Crippen molar-refractivity contribution in [3.8, 4) is 0 Å². The molecule has 5 aliphatic heterocycles. The zero-order valence-electron chi connectivity index (χ0n) is 22.6. The molecule has 35 heavy (non-hydrogen) atoms. The number of carbonyl (C=O) groups is 1. The smallest absolute Gasteiger partial charge is 0.166 e. The van der Waals surface area contributed by atoms with Gasteiger partial charge in [-0.3, -0.25) is 9.69 Å². The van der Waals surface area contributed by atoms with Gasteiger partial charge in [-0.05, 0) is 93.8 Å². The first-order valence-corrected chi connectivity index (χ1v) is 14.8. The van der Waals surface area contributed by atoms with Crippen LogP contribution in [0.5, 0.6) is 0 Å². The van der Waals surface area contributed by atoms with Crippen LogP contribution in [0.4, 0.5) is 0 Å². The van der Waals surface area contributed by atoms with E-state index in [0.29, 0.717) is 48.5 Å². The molecule has 0 aromatic rings. The second-order valence-corrected chi connectivity index (χ2v) is 14.8. The molecule has 0 radical (unpaired) electrons. The molecule has 5 nitrogen and oxygen atoms in total. The number of hydrogen-bond acceptors (Lipinski definition) is 5. The molecule has 0 aromatic heterocycles. The molecule has 2 saturated carbocycles. The molecule has 0 aromatic carbocycles. The summed E-state index contributed by atoms with van der Waals surface area (Å²) >= 11 is 0. The first-order chi connectivity index (χ1) is 16.5. The lowest BCUT2D eigenvalue weighted by Gasteiger charge is -2.68. The number of aliphatic hydroxyl groups is 1. The van der Waals surface area contributed by atoms with Crippen molar-refractivity contribution in [3.05, 3.63) is 0 Å². The minimum atomic E-state index is -0.529. The molecule has 7 rings (SSSR count). The van der Waals surface area contributed by atoms with Gasteiger partial charge in [0.2, 0.25) is 0 Å². The monoisotopic (exact) mass is 485 g/mol. The summed E-state index contributed by atoms with van der Waals surface area (Å²) in [5, 5.41) is 11.9. The lowest BCUT2D eigenvalue weighted by molar-refractivity contribution is -0.283. The third-order valence-corrected chi connectivity index (χ3v) is 13.4. The maximum atomic E-state index is 14.1. The Morgan fingerprint density at radius 3 is 2.63 bits per heavy atom. The van der Waals surface area contributed by atoms with E-state index in [1.54, 1.807) is 0 Å². The van der Waals surface area contributed by atoms with Crippen LogP contribution in [-0.2, 0) is 14.3 Å². The number of rotatable bonds is 5. The first-order valence-electron chi connectivity index (χ1n) is 14.8. The van der Waals surface area contributed by atoms with Crippen LogP contribution in [-0.4, -0.2) is 52.1 Å². The SMILES string of the molecule is CC(C)[C@H]1CC[C@]2(C)[C@H]3CC[C@@]45CCC[C@@H]4[C@]2(CCC(=O)[C@]2(C)CO[C@@]4(C)CC[C@@H]2O4)[C@@H]1N5[C@@H]3O. The summed E-state index contributed by atoms with van der Waals surface area (Å²) in [6, 6.07) is 0.423. The zero-order valence-corrected chi connectivity index (χ0v) is 22.6. The van der Waals surface area contributed by atoms with Gasteiger partial charge in [0.05, 0.1) is 18.1 Å². The normalized spacial score (nSPS) is 59.8. The first kappa shape index (κ1) is 23.6. The molecule has 1 N–H and O–H groups in total. The fourth-order valence-electron chi connectivity index (χ4n) is 11.7. The summed E-state index contributed by atoms with van der Waals surface area (Å²) in [6.45, 7) is 12.0. The van der Waals surface area contributed by atoms with E-state index in [9.17, 15) is 9.90 Å². The number of piperidine rings is 2. The standard InChI is InChI=1S/C30H47NO4/c1-18(2)19-8-13-27(4)20-9-15-29-12-6-7-21(29)30(27,24(19)31(29)25(20)33)16-10-22(32)26(3)17-34-28(5)14-11-23(26)35-28/h18-21,23-25,33H,6-17H2,1-5H3/t19-,20+,21+,23+,24-,25-,26+,27-,28-,29+,30-/m1/s1. The van der Waals surface area contributed by atoms with Gasteiger partial charge in [0.15, 0.2) is 5.79 Å². The van der Waals surface area contributed by atoms with E-state index in [2.05, 4.69) is 32.6 Å². The fraction of sp³-hybridized carbons (Fsp3) is 0.967. The second kappa shape index (κ2) is 7.12. The molecular weight excluding hydrogens is 438 g/mol. The van der Waals surface area contributed by atoms with E-state index < -0.39 is 11.2 Å². The minimum Gasteiger partial charge on any atom is -0.378 e. The number of carbonyl (C=O) groups excluding carboxylic acids is 1. The molecule has 2 aliphatic carbocycles. The van der Waals surface area contributed by atoms with Crippen LogP contribution >= 0.6 is 0 Å². The van der Waals surface area contributed by atoms with E-state index in [4.69, 9.17) is 9.47 Å². The van der Waals surface area contributed by atoms with Crippen molar-refractivity contribution in [1.29, 1.82) is 0 Å². The highest BCUT2D eigenvalue weighted by molar-refractivity contribution is 5.85. The van der Waals surface area contributed by atoms with E-state index in [1.165, 1.54) is 44.9 Å². The van der Waals surface area contributed by atoms with Crippen LogP contribution in [0.15, 0.2) is 0 Å². The number of fused-ring (bicyclic) bond motifs is 4. The summed E-state index contributed by atoms with van der Waals surface area (Å²) < 4.78 is 12.4. The Bertz CT molecular complexity index is 937. The fourth-order valence-corrected chi connectivity index (χ4v) is 11.7. The molecule has 7 aliphatic rings. The molecule has 1 spiro atoms. The van der Waals surface area contributed by atoms with Crippen molar-refractivity contribution in [2.75, 3.05) is 6.61 Å². The minimum absolute atomic E-state index is 0.00740. The van der Waals surface area contributed by atoms with Gasteiger partial charge in [-0.1, -0.05) is 27.2 Å². The molecule has 1 unspecified atom stereocenters. The Hall–Kier alpha value is -0.490. The summed E-state index contributed by atoms with van der Waals surface area (Å²) in [5.74, 6) is 2.07. The van der Waals surface area contributed by atoms with E-state index in [0.717, 1.165) is 19.3 Å². The van der Waals surface area contributed by atoms with Crippen LogP contribution in [0.1, 0.15) is 105 Å². The topological polar surface area (TPSA) is 59.0 Å². The second-order valence-electron chi connectivity index (χ2n) is 14.8. The highest BCUT2D eigenvalue weighted by Gasteiger charge is 2.81. The van der Waals surface area contributed by atoms with Gasteiger partial charge in [-0.25, -0.2) is 0 Å². The van der Waals surface area contributed by atoms with Crippen molar-refractivity contribution in [1.82, 2.24) is 4.90 Å². The van der Waals surface area contributed by atoms with Crippen LogP contribution in [0.3, 0.4) is 0 Å². The summed E-state index contributed by atoms with van der Waals surface area (Å²) in [6.07, 6.45) is 11.9. The number of ether oxygens (including phenoxy) is 2. The summed E-state index contributed by atoms with van der Waals surface area (Å²) in [7, 11) is 0. The highest BCUT2D eigenvalue weighted by atomic mass is 16.7. The van der Waals surface area contributed by atoms with Crippen molar-refractivity contribution < 1.29 is 19.4 Å². The Kier molecular flexibility index (Phi) is 4.81. The predicted molar refractivity (Wildman–Crippen MR) is 133 cm³/mol. The average Bonchev–Trinajstić information content (AvgIpc) is 3.42. The van der Waals surface area contributed by atoms with Gasteiger partial charge >= 0.3 is 0 Å². The van der Waals surface area contributed by atoms with E-state index >= 15 is 0 Å². The quantitative estimate of drug-likeness (QED) is 0.573. The van der Waals surface area contributed by atoms with Gasteiger partial charge in [-0.15, -0.1) is 0 Å². The molecule has 0 amide bonds. The van der Waals surface area contributed by atoms with Gasteiger partial charge < -0.3 is 14.6 Å². The van der Waals surface area contributed by atoms with E-state index in [1.807, 2.05) is 6.92 Å². The zero-order chi connectivity index (χ0) is 24.6. The maximum Gasteiger partial charge on any atom is 0.166 e. The lowest BCUT2D eigenvalue weighted by atomic mass is 9.42. The van der Waals surface area contributed by atoms with Gasteiger partial charge in [0.25, 0.3) is 0 Å². The molecule has 5 saturated heterocycles. The van der Waals surface area contributed by atoms with Crippen molar-refractivity contribution in [2.24, 2.45) is 39.9 Å². The average molecular weight is 486 g/mol. The van der Waals surface area contributed by atoms with Crippen LogP contribution in [0, 0.1) is 39.9 Å². The highest BCUT2D eigenvalue weighted by Crippen LogP contribution is 2.80. The van der Waals surface area contributed by atoms with Gasteiger partial charge in [0, 0.05) is 30.3 Å². The number of ketones is 1. The predicted octanol–water partition coefficient (Wildman–Crippen LogP) is 5.29. The Morgan fingerprint density at radius 2 is 1.86 bits per heavy atom. The molecule has 196 valence electrons. The maximum absolute atomic E-state index is 14.1. The van der Waals surface area contributed by atoms with Crippen molar-refractivity contribution in [2.45, 2.75) is 135 Å². The third-order valence-electron chi connectivity index (χ3n) is 13.4. The number of hydrogen-bond donors (Lipinski definition) is 1. The summed E-state index contributed by atoms with van der Waals surface area (Å²) in [4.78, 5) is 16.8. The number of Topliss-reactive ketones (excluding diaryl/α,β-unsaturated/α-hetero) is 1. The van der Waals surface area contributed by atoms with E-state index in [-0.39, 0.29) is 28.7 Å². The molecule has 12 atom stereocenters. The van der Waals surface area contributed by atoms with Crippen molar-refractivity contribution >= 4 is 5.78 Å². The number of aliphatic hydroxyl groups excluding tert-OH is 1. The van der Waals surface area contributed by atoms with Gasteiger partial charge in [-0.2, -0.15) is 0 Å². The largest absolute Gasteiger partial charge is 0.378 e. The van der Waals surface area contributed by atoms with Crippen LogP contribution in [0.2, 0.25) is 0 Å².